The molecule has 0 spiro atoms. The van der Waals surface area contributed by atoms with Crippen LogP contribution in [0.3, 0.4) is 0 Å². The molecule has 4 heteroatoms. The summed E-state index contributed by atoms with van der Waals surface area (Å²) < 4.78 is 5.72. The maximum atomic E-state index is 10.4. The molecule has 19 heavy (non-hydrogen) atoms. The van der Waals surface area contributed by atoms with Gasteiger partial charge in [-0.1, -0.05) is 19.3 Å². The van der Waals surface area contributed by atoms with Gasteiger partial charge in [0.25, 0.3) is 0 Å². The van der Waals surface area contributed by atoms with E-state index >= 15 is 0 Å². The van der Waals surface area contributed by atoms with Crippen LogP contribution in [0, 0.1) is 5.92 Å². The van der Waals surface area contributed by atoms with Gasteiger partial charge in [0.2, 0.25) is 0 Å². The van der Waals surface area contributed by atoms with E-state index in [-0.39, 0.29) is 0 Å². The Hall–Kier alpha value is -1.84. The maximum absolute atomic E-state index is 10.4. The predicted octanol–water partition coefficient (Wildman–Crippen LogP) is 3.14. The van der Waals surface area contributed by atoms with Crippen molar-refractivity contribution < 1.29 is 14.6 Å². The number of rotatable bonds is 5. The van der Waals surface area contributed by atoms with Crippen LogP contribution >= 0.6 is 0 Å². The van der Waals surface area contributed by atoms with Crippen LogP contribution in [0.1, 0.15) is 37.8 Å². The molecule has 0 aliphatic heterocycles. The largest absolute Gasteiger partial charge is 0.492 e. The SMILES string of the molecule is O=C(O)C=Cc1ccc(OCC2CCCCC2)cn1. The number of aromatic nitrogens is 1. The molecule has 0 unspecified atom stereocenters. The highest BCUT2D eigenvalue weighted by atomic mass is 16.5. The third-order valence-electron chi connectivity index (χ3n) is 3.37. The van der Waals surface area contributed by atoms with Crippen molar-refractivity contribution >= 4 is 12.0 Å². The smallest absolute Gasteiger partial charge is 0.328 e. The van der Waals surface area contributed by atoms with Crippen LogP contribution in [-0.2, 0) is 4.79 Å². The van der Waals surface area contributed by atoms with E-state index in [4.69, 9.17) is 9.84 Å². The highest BCUT2D eigenvalue weighted by Gasteiger charge is 2.13. The van der Waals surface area contributed by atoms with Gasteiger partial charge in [-0.25, -0.2) is 4.79 Å². The minimum Gasteiger partial charge on any atom is -0.492 e. The first-order valence-electron chi connectivity index (χ1n) is 6.74. The molecule has 1 aromatic rings. The molecule has 1 aromatic heterocycles. The number of hydrogen-bond acceptors (Lipinski definition) is 3. The average Bonchev–Trinajstić information content (AvgIpc) is 2.45. The normalized spacial score (nSPS) is 16.6. The van der Waals surface area contributed by atoms with E-state index in [1.165, 1.54) is 38.2 Å². The first-order chi connectivity index (χ1) is 9.24. The Morgan fingerprint density at radius 3 is 2.79 bits per heavy atom. The summed E-state index contributed by atoms with van der Waals surface area (Å²) in [5, 5.41) is 8.52. The van der Waals surface area contributed by atoms with Gasteiger partial charge in [-0.05, 0) is 37.0 Å². The molecule has 1 heterocycles. The fraction of sp³-hybridized carbons (Fsp3) is 0.467. The molecule has 2 rings (SSSR count). The van der Waals surface area contributed by atoms with Crippen LogP contribution < -0.4 is 4.74 Å². The van der Waals surface area contributed by atoms with Crippen LogP contribution in [0.25, 0.3) is 6.08 Å². The summed E-state index contributed by atoms with van der Waals surface area (Å²) in [5.74, 6) is 0.442. The highest BCUT2D eigenvalue weighted by Crippen LogP contribution is 2.24. The summed E-state index contributed by atoms with van der Waals surface area (Å²) in [6.07, 6.45) is 10.7. The van der Waals surface area contributed by atoms with E-state index in [0.717, 1.165) is 18.4 Å². The molecule has 0 aromatic carbocycles. The Bertz CT molecular complexity index is 433. The van der Waals surface area contributed by atoms with Crippen molar-refractivity contribution in [3.8, 4) is 5.75 Å². The third kappa shape index (κ3) is 4.73. The Labute approximate surface area is 113 Å². The molecule has 1 fully saturated rings. The number of ether oxygens (including phenoxy) is 1. The van der Waals surface area contributed by atoms with Gasteiger partial charge in [0, 0.05) is 6.08 Å². The van der Waals surface area contributed by atoms with Crippen LogP contribution in [-0.4, -0.2) is 22.7 Å². The molecule has 102 valence electrons. The van der Waals surface area contributed by atoms with E-state index in [2.05, 4.69) is 4.98 Å². The first kappa shape index (κ1) is 13.6. The number of carbonyl (C=O) groups is 1. The van der Waals surface area contributed by atoms with Crippen LogP contribution in [0.5, 0.6) is 5.75 Å². The van der Waals surface area contributed by atoms with E-state index in [9.17, 15) is 4.79 Å². The fourth-order valence-electron chi connectivity index (χ4n) is 2.30. The van der Waals surface area contributed by atoms with Gasteiger partial charge in [0.05, 0.1) is 18.5 Å². The van der Waals surface area contributed by atoms with Crippen molar-refractivity contribution in [2.75, 3.05) is 6.61 Å². The molecule has 1 aliphatic rings. The Morgan fingerprint density at radius 2 is 2.16 bits per heavy atom. The molecule has 1 aliphatic carbocycles. The van der Waals surface area contributed by atoms with Crippen molar-refractivity contribution in [2.24, 2.45) is 5.92 Å². The molecule has 0 bridgehead atoms. The molecule has 0 amide bonds. The standard InChI is InChI=1S/C15H19NO3/c17-15(18)9-7-13-6-8-14(10-16-13)19-11-12-4-2-1-3-5-12/h6-10,12H,1-5,11H2,(H,17,18). The van der Waals surface area contributed by atoms with Gasteiger partial charge in [-0.15, -0.1) is 0 Å². The highest BCUT2D eigenvalue weighted by molar-refractivity contribution is 5.84. The van der Waals surface area contributed by atoms with E-state index in [0.29, 0.717) is 11.6 Å². The van der Waals surface area contributed by atoms with E-state index < -0.39 is 5.97 Å². The third-order valence-corrected chi connectivity index (χ3v) is 3.37. The fourth-order valence-corrected chi connectivity index (χ4v) is 2.30. The molecule has 0 radical (unpaired) electrons. The summed E-state index contributed by atoms with van der Waals surface area (Å²) in [6, 6.07) is 3.59. The number of carboxylic acids is 1. The lowest BCUT2D eigenvalue weighted by Crippen LogP contribution is -2.15. The number of nitrogens with zero attached hydrogens (tertiary/aromatic N) is 1. The number of aliphatic carboxylic acids is 1. The molecular formula is C15H19NO3. The van der Waals surface area contributed by atoms with Crippen molar-refractivity contribution in [3.05, 3.63) is 30.1 Å². The predicted molar refractivity (Wildman–Crippen MR) is 73.0 cm³/mol. The number of carboxylic acid groups (broad SMARTS) is 1. The molecular weight excluding hydrogens is 242 g/mol. The molecule has 1 N–H and O–H groups in total. The average molecular weight is 261 g/mol. The molecule has 0 saturated heterocycles. The number of pyridine rings is 1. The van der Waals surface area contributed by atoms with Crippen LogP contribution in [0.4, 0.5) is 0 Å². The molecule has 0 atom stereocenters. The zero-order valence-corrected chi connectivity index (χ0v) is 10.9. The summed E-state index contributed by atoms with van der Waals surface area (Å²) in [7, 11) is 0. The second-order valence-electron chi connectivity index (χ2n) is 4.91. The lowest BCUT2D eigenvalue weighted by atomic mass is 9.90. The first-order valence-corrected chi connectivity index (χ1v) is 6.74. The van der Waals surface area contributed by atoms with Crippen LogP contribution in [0.2, 0.25) is 0 Å². The lowest BCUT2D eigenvalue weighted by molar-refractivity contribution is -0.131. The van der Waals surface area contributed by atoms with Crippen LogP contribution in [0.15, 0.2) is 24.4 Å². The van der Waals surface area contributed by atoms with Gasteiger partial charge in [0.1, 0.15) is 5.75 Å². The Kier molecular flexibility index (Phi) is 4.95. The number of hydrogen-bond donors (Lipinski definition) is 1. The maximum Gasteiger partial charge on any atom is 0.328 e. The minimum absolute atomic E-state index is 0.618. The minimum atomic E-state index is -0.973. The van der Waals surface area contributed by atoms with Crippen molar-refractivity contribution in [1.82, 2.24) is 4.98 Å². The second-order valence-corrected chi connectivity index (χ2v) is 4.91. The van der Waals surface area contributed by atoms with Crippen molar-refractivity contribution in [1.29, 1.82) is 0 Å². The summed E-state index contributed by atoms with van der Waals surface area (Å²) in [4.78, 5) is 14.5. The second kappa shape index (κ2) is 6.92. The lowest BCUT2D eigenvalue weighted by Gasteiger charge is -2.21. The molecule has 1 saturated carbocycles. The van der Waals surface area contributed by atoms with Gasteiger partial charge in [0.15, 0.2) is 0 Å². The van der Waals surface area contributed by atoms with E-state index in [1.54, 1.807) is 12.3 Å². The Morgan fingerprint density at radius 1 is 1.37 bits per heavy atom. The summed E-state index contributed by atoms with van der Waals surface area (Å²) in [6.45, 7) is 0.756. The summed E-state index contributed by atoms with van der Waals surface area (Å²) >= 11 is 0. The zero-order chi connectivity index (χ0) is 13.5. The van der Waals surface area contributed by atoms with Crippen molar-refractivity contribution in [2.45, 2.75) is 32.1 Å². The van der Waals surface area contributed by atoms with Gasteiger partial charge in [-0.3, -0.25) is 4.98 Å². The van der Waals surface area contributed by atoms with Gasteiger partial charge >= 0.3 is 5.97 Å². The summed E-state index contributed by atoms with van der Waals surface area (Å²) in [5.41, 5.74) is 0.618. The van der Waals surface area contributed by atoms with Gasteiger partial charge < -0.3 is 9.84 Å². The quantitative estimate of drug-likeness (QED) is 0.827. The van der Waals surface area contributed by atoms with Crippen molar-refractivity contribution in [3.63, 3.8) is 0 Å². The molecule has 4 nitrogen and oxygen atoms in total. The topological polar surface area (TPSA) is 59.4 Å². The Balaban J connectivity index is 1.82. The monoisotopic (exact) mass is 261 g/mol. The van der Waals surface area contributed by atoms with E-state index in [1.807, 2.05) is 6.07 Å². The van der Waals surface area contributed by atoms with Gasteiger partial charge in [-0.2, -0.15) is 0 Å². The zero-order valence-electron chi connectivity index (χ0n) is 10.9.